The Morgan fingerprint density at radius 2 is 1.83 bits per heavy atom. The summed E-state index contributed by atoms with van der Waals surface area (Å²) in [7, 11) is 0. The number of halogens is 1. The molecule has 0 heterocycles. The molecular formula is C14H11IO3. The Labute approximate surface area is 119 Å². The second-order valence-electron chi connectivity index (χ2n) is 3.84. The minimum absolute atomic E-state index is 0.266. The van der Waals surface area contributed by atoms with E-state index < -0.39 is 5.97 Å². The van der Waals surface area contributed by atoms with Crippen LogP contribution in [0.1, 0.15) is 15.9 Å². The highest BCUT2D eigenvalue weighted by atomic mass is 127. The van der Waals surface area contributed by atoms with Gasteiger partial charge in [0.15, 0.2) is 0 Å². The molecule has 18 heavy (non-hydrogen) atoms. The molecule has 2 rings (SSSR count). The van der Waals surface area contributed by atoms with Crippen molar-refractivity contribution >= 4 is 28.6 Å². The first kappa shape index (κ1) is 12.9. The summed E-state index contributed by atoms with van der Waals surface area (Å²) in [5, 5.41) is 8.88. The van der Waals surface area contributed by atoms with Crippen LogP contribution in [0.25, 0.3) is 0 Å². The summed E-state index contributed by atoms with van der Waals surface area (Å²) >= 11 is 2.22. The molecule has 4 heteroatoms. The standard InChI is InChI=1S/C14H11IO3/c1-9-8-10(14(16)17)2-7-13(9)18-12-5-3-11(15)4-6-12/h2-8H,1H3,(H,16,17). The highest BCUT2D eigenvalue weighted by Gasteiger charge is 2.07. The van der Waals surface area contributed by atoms with Gasteiger partial charge in [-0.25, -0.2) is 4.79 Å². The fourth-order valence-corrected chi connectivity index (χ4v) is 1.89. The molecule has 0 spiro atoms. The zero-order valence-corrected chi connectivity index (χ0v) is 11.8. The van der Waals surface area contributed by atoms with Crippen LogP contribution >= 0.6 is 22.6 Å². The van der Waals surface area contributed by atoms with Crippen LogP contribution in [0.5, 0.6) is 11.5 Å². The summed E-state index contributed by atoms with van der Waals surface area (Å²) < 4.78 is 6.84. The highest BCUT2D eigenvalue weighted by molar-refractivity contribution is 14.1. The molecule has 0 aromatic heterocycles. The third kappa shape index (κ3) is 3.01. The average molecular weight is 354 g/mol. The van der Waals surface area contributed by atoms with E-state index in [-0.39, 0.29) is 5.56 Å². The van der Waals surface area contributed by atoms with Gasteiger partial charge in [0.25, 0.3) is 0 Å². The maximum Gasteiger partial charge on any atom is 0.335 e. The maximum atomic E-state index is 10.8. The van der Waals surface area contributed by atoms with Crippen LogP contribution in [0.3, 0.4) is 0 Å². The van der Waals surface area contributed by atoms with E-state index in [1.807, 2.05) is 31.2 Å². The van der Waals surface area contributed by atoms with Crippen LogP contribution in [-0.4, -0.2) is 11.1 Å². The zero-order chi connectivity index (χ0) is 13.1. The van der Waals surface area contributed by atoms with E-state index in [1.54, 1.807) is 12.1 Å². The molecule has 0 unspecified atom stereocenters. The van der Waals surface area contributed by atoms with Gasteiger partial charge in [0.1, 0.15) is 11.5 Å². The van der Waals surface area contributed by atoms with Crippen LogP contribution in [0.2, 0.25) is 0 Å². The number of carboxylic acid groups (broad SMARTS) is 1. The molecule has 0 radical (unpaired) electrons. The van der Waals surface area contributed by atoms with Crippen molar-refractivity contribution in [1.82, 2.24) is 0 Å². The molecule has 0 atom stereocenters. The Morgan fingerprint density at radius 1 is 1.17 bits per heavy atom. The van der Waals surface area contributed by atoms with E-state index in [0.717, 1.165) is 14.9 Å². The quantitative estimate of drug-likeness (QED) is 0.845. The summed E-state index contributed by atoms with van der Waals surface area (Å²) in [6, 6.07) is 12.5. The van der Waals surface area contributed by atoms with E-state index in [0.29, 0.717) is 5.75 Å². The Kier molecular flexibility index (Phi) is 3.86. The fraction of sp³-hybridized carbons (Fsp3) is 0.0714. The van der Waals surface area contributed by atoms with Crippen molar-refractivity contribution in [3.8, 4) is 11.5 Å². The summed E-state index contributed by atoms with van der Waals surface area (Å²) in [6.07, 6.45) is 0. The first-order valence-electron chi connectivity index (χ1n) is 5.33. The Hall–Kier alpha value is -1.56. The molecule has 3 nitrogen and oxygen atoms in total. The van der Waals surface area contributed by atoms with Crippen LogP contribution in [0, 0.1) is 10.5 Å². The largest absolute Gasteiger partial charge is 0.478 e. The Morgan fingerprint density at radius 3 is 2.39 bits per heavy atom. The number of aromatic carboxylic acids is 1. The van der Waals surface area contributed by atoms with E-state index in [9.17, 15) is 4.79 Å². The van der Waals surface area contributed by atoms with Crippen LogP contribution in [0.4, 0.5) is 0 Å². The van der Waals surface area contributed by atoms with Gasteiger partial charge in [-0.15, -0.1) is 0 Å². The molecule has 0 saturated carbocycles. The van der Waals surface area contributed by atoms with Crippen molar-refractivity contribution in [3.05, 3.63) is 57.2 Å². The molecule has 2 aromatic rings. The van der Waals surface area contributed by atoms with E-state index in [1.165, 1.54) is 6.07 Å². The van der Waals surface area contributed by atoms with Crippen molar-refractivity contribution in [2.75, 3.05) is 0 Å². The molecule has 92 valence electrons. The molecule has 0 aliphatic carbocycles. The predicted molar refractivity (Wildman–Crippen MR) is 77.4 cm³/mol. The molecule has 2 aromatic carbocycles. The zero-order valence-electron chi connectivity index (χ0n) is 9.68. The smallest absolute Gasteiger partial charge is 0.335 e. The SMILES string of the molecule is Cc1cc(C(=O)O)ccc1Oc1ccc(I)cc1. The topological polar surface area (TPSA) is 46.5 Å². The Balaban J connectivity index is 2.24. The van der Waals surface area contributed by atoms with Gasteiger partial charge in [-0.1, -0.05) is 0 Å². The van der Waals surface area contributed by atoms with Gasteiger partial charge in [-0.05, 0) is 77.5 Å². The summed E-state index contributed by atoms with van der Waals surface area (Å²) in [5.41, 5.74) is 1.07. The minimum atomic E-state index is -0.932. The molecule has 0 fully saturated rings. The highest BCUT2D eigenvalue weighted by Crippen LogP contribution is 2.26. The Bertz CT molecular complexity index is 576. The van der Waals surface area contributed by atoms with Gasteiger partial charge in [-0.3, -0.25) is 0 Å². The molecule has 0 amide bonds. The second kappa shape index (κ2) is 5.39. The number of hydrogen-bond donors (Lipinski definition) is 1. The number of ether oxygens (including phenoxy) is 1. The lowest BCUT2D eigenvalue weighted by Gasteiger charge is -2.09. The van der Waals surface area contributed by atoms with Crippen LogP contribution in [-0.2, 0) is 0 Å². The van der Waals surface area contributed by atoms with Crippen LogP contribution < -0.4 is 4.74 Å². The van der Waals surface area contributed by atoms with E-state index in [2.05, 4.69) is 22.6 Å². The number of benzene rings is 2. The first-order chi connectivity index (χ1) is 8.56. The lowest BCUT2D eigenvalue weighted by molar-refractivity contribution is 0.0697. The molecule has 0 aliphatic rings. The van der Waals surface area contributed by atoms with Gasteiger partial charge in [-0.2, -0.15) is 0 Å². The molecular weight excluding hydrogens is 343 g/mol. The second-order valence-corrected chi connectivity index (χ2v) is 5.09. The van der Waals surface area contributed by atoms with Crippen molar-refractivity contribution in [3.63, 3.8) is 0 Å². The van der Waals surface area contributed by atoms with Crippen molar-refractivity contribution in [2.24, 2.45) is 0 Å². The van der Waals surface area contributed by atoms with Gasteiger partial charge >= 0.3 is 5.97 Å². The van der Waals surface area contributed by atoms with Gasteiger partial charge < -0.3 is 9.84 Å². The van der Waals surface area contributed by atoms with Gasteiger partial charge in [0, 0.05) is 3.57 Å². The monoisotopic (exact) mass is 354 g/mol. The first-order valence-corrected chi connectivity index (χ1v) is 6.41. The number of hydrogen-bond acceptors (Lipinski definition) is 2. The number of aryl methyl sites for hydroxylation is 1. The van der Waals surface area contributed by atoms with E-state index in [4.69, 9.17) is 9.84 Å². The third-order valence-electron chi connectivity index (χ3n) is 2.46. The molecule has 0 saturated heterocycles. The van der Waals surface area contributed by atoms with Crippen molar-refractivity contribution in [1.29, 1.82) is 0 Å². The molecule has 0 bridgehead atoms. The van der Waals surface area contributed by atoms with Crippen LogP contribution in [0.15, 0.2) is 42.5 Å². The summed E-state index contributed by atoms with van der Waals surface area (Å²) in [5.74, 6) is 0.474. The predicted octanol–water partition coefficient (Wildman–Crippen LogP) is 4.09. The summed E-state index contributed by atoms with van der Waals surface area (Å²) in [6.45, 7) is 1.83. The normalized spacial score (nSPS) is 10.1. The fourth-order valence-electron chi connectivity index (χ4n) is 1.53. The van der Waals surface area contributed by atoms with Gasteiger partial charge in [0.2, 0.25) is 0 Å². The minimum Gasteiger partial charge on any atom is -0.478 e. The maximum absolute atomic E-state index is 10.8. The lowest BCUT2D eigenvalue weighted by atomic mass is 10.1. The number of carboxylic acids is 1. The van der Waals surface area contributed by atoms with Gasteiger partial charge in [0.05, 0.1) is 5.56 Å². The van der Waals surface area contributed by atoms with Crippen molar-refractivity contribution < 1.29 is 14.6 Å². The number of rotatable bonds is 3. The lowest BCUT2D eigenvalue weighted by Crippen LogP contribution is -1.97. The molecule has 0 aliphatic heterocycles. The number of carbonyl (C=O) groups is 1. The van der Waals surface area contributed by atoms with Crippen molar-refractivity contribution in [2.45, 2.75) is 6.92 Å². The van der Waals surface area contributed by atoms with E-state index >= 15 is 0 Å². The summed E-state index contributed by atoms with van der Waals surface area (Å²) in [4.78, 5) is 10.8. The third-order valence-corrected chi connectivity index (χ3v) is 3.18. The molecule has 1 N–H and O–H groups in total. The average Bonchev–Trinajstić information content (AvgIpc) is 2.34.